The number of carbonyl (C=O) groups is 2. The maximum absolute atomic E-state index is 12.8. The van der Waals surface area contributed by atoms with E-state index in [1.807, 2.05) is 32.0 Å². The number of aliphatic hydroxyl groups is 1. The normalized spacial score (nSPS) is 17.1. The molecule has 1 aromatic carbocycles. The van der Waals surface area contributed by atoms with Crippen LogP contribution in [0.2, 0.25) is 0 Å². The number of aliphatic hydroxyl groups excluding tert-OH is 1. The van der Waals surface area contributed by atoms with Crippen molar-refractivity contribution in [3.8, 4) is 5.75 Å². The highest BCUT2D eigenvalue weighted by atomic mass is 16.5. The van der Waals surface area contributed by atoms with Gasteiger partial charge in [0.2, 0.25) is 0 Å². The first kappa shape index (κ1) is 18.8. The van der Waals surface area contributed by atoms with Gasteiger partial charge in [0.05, 0.1) is 25.5 Å². The van der Waals surface area contributed by atoms with Crippen LogP contribution in [0.5, 0.6) is 5.75 Å². The Morgan fingerprint density at radius 3 is 2.63 bits per heavy atom. The van der Waals surface area contributed by atoms with Gasteiger partial charge < -0.3 is 19.2 Å². The Bertz CT molecular complexity index is 866. The number of furan rings is 1. The molecule has 0 radical (unpaired) electrons. The van der Waals surface area contributed by atoms with Crippen LogP contribution in [0.1, 0.15) is 37.6 Å². The molecule has 3 rings (SSSR count). The van der Waals surface area contributed by atoms with Crippen molar-refractivity contribution < 1.29 is 23.8 Å². The van der Waals surface area contributed by atoms with Crippen LogP contribution in [0.3, 0.4) is 0 Å². The number of para-hydroxylation sites is 1. The molecule has 1 amide bonds. The second-order valence-electron chi connectivity index (χ2n) is 6.95. The average molecular weight is 369 g/mol. The lowest BCUT2D eigenvalue weighted by atomic mass is 9.95. The fraction of sp³-hybridized carbons (Fsp3) is 0.333. The van der Waals surface area contributed by atoms with Gasteiger partial charge in [0.15, 0.2) is 11.5 Å². The fourth-order valence-electron chi connectivity index (χ4n) is 3.34. The molecule has 6 heteroatoms. The summed E-state index contributed by atoms with van der Waals surface area (Å²) in [6.45, 7) is 4.01. The first-order valence-electron chi connectivity index (χ1n) is 8.86. The molecule has 2 aromatic rings. The van der Waals surface area contributed by atoms with Gasteiger partial charge in [0.1, 0.15) is 17.6 Å². The van der Waals surface area contributed by atoms with Crippen molar-refractivity contribution >= 4 is 11.7 Å². The summed E-state index contributed by atoms with van der Waals surface area (Å²) in [6.07, 6.45) is 1.73. The molecule has 2 heterocycles. The molecular weight excluding hydrogens is 346 g/mol. The molecule has 0 saturated carbocycles. The number of hydrogen-bond acceptors (Lipinski definition) is 5. The molecule has 27 heavy (non-hydrogen) atoms. The number of rotatable bonds is 7. The van der Waals surface area contributed by atoms with E-state index in [2.05, 4.69) is 0 Å². The topological polar surface area (TPSA) is 80.0 Å². The fourth-order valence-corrected chi connectivity index (χ4v) is 3.34. The van der Waals surface area contributed by atoms with Gasteiger partial charge in [-0.05, 0) is 24.1 Å². The first-order chi connectivity index (χ1) is 12.9. The van der Waals surface area contributed by atoms with Gasteiger partial charge in [-0.3, -0.25) is 9.59 Å². The van der Waals surface area contributed by atoms with Crippen LogP contribution in [-0.2, 0) is 16.1 Å². The van der Waals surface area contributed by atoms with Crippen LogP contribution >= 0.6 is 0 Å². The largest absolute Gasteiger partial charge is 0.503 e. The molecule has 1 aliphatic rings. The zero-order valence-electron chi connectivity index (χ0n) is 15.6. The molecule has 142 valence electrons. The molecule has 0 saturated heterocycles. The number of hydrogen-bond donors (Lipinski definition) is 1. The van der Waals surface area contributed by atoms with Crippen molar-refractivity contribution in [1.82, 2.24) is 4.90 Å². The monoisotopic (exact) mass is 369 g/mol. The van der Waals surface area contributed by atoms with Crippen molar-refractivity contribution in [2.24, 2.45) is 5.92 Å². The minimum Gasteiger partial charge on any atom is -0.503 e. The highest BCUT2D eigenvalue weighted by Gasteiger charge is 2.44. The number of carbonyl (C=O) groups excluding carboxylic acids is 2. The predicted molar refractivity (Wildman–Crippen MR) is 99.1 cm³/mol. The lowest BCUT2D eigenvalue weighted by molar-refractivity contribution is -0.130. The first-order valence-corrected chi connectivity index (χ1v) is 8.86. The third-order valence-corrected chi connectivity index (χ3v) is 4.54. The van der Waals surface area contributed by atoms with Crippen molar-refractivity contribution in [2.75, 3.05) is 7.11 Å². The highest BCUT2D eigenvalue weighted by molar-refractivity contribution is 6.08. The van der Waals surface area contributed by atoms with Crippen molar-refractivity contribution in [3.05, 3.63) is 65.3 Å². The van der Waals surface area contributed by atoms with Gasteiger partial charge in [0.25, 0.3) is 5.91 Å². The summed E-state index contributed by atoms with van der Waals surface area (Å²) < 4.78 is 10.9. The number of methoxy groups -OCH3 is 1. The Kier molecular flexibility index (Phi) is 5.35. The number of amides is 1. The minimum absolute atomic E-state index is 0.0959. The lowest BCUT2D eigenvalue weighted by Crippen LogP contribution is -2.30. The summed E-state index contributed by atoms with van der Waals surface area (Å²) in [6, 6.07) is 9.97. The third-order valence-electron chi connectivity index (χ3n) is 4.54. The molecule has 1 unspecified atom stereocenters. The van der Waals surface area contributed by atoms with Crippen LogP contribution < -0.4 is 4.74 Å². The zero-order valence-corrected chi connectivity index (χ0v) is 15.6. The number of ether oxygens (including phenoxy) is 1. The van der Waals surface area contributed by atoms with Gasteiger partial charge in [-0.2, -0.15) is 0 Å². The highest BCUT2D eigenvalue weighted by Crippen LogP contribution is 2.40. The second kappa shape index (κ2) is 7.70. The van der Waals surface area contributed by atoms with E-state index in [-0.39, 0.29) is 30.2 Å². The van der Waals surface area contributed by atoms with Gasteiger partial charge >= 0.3 is 0 Å². The molecular formula is C21H23NO5. The molecule has 0 bridgehead atoms. The van der Waals surface area contributed by atoms with Crippen LogP contribution in [0.4, 0.5) is 0 Å². The Morgan fingerprint density at radius 2 is 2.00 bits per heavy atom. The number of ketones is 1. The number of benzene rings is 1. The van der Waals surface area contributed by atoms with Crippen molar-refractivity contribution in [1.29, 1.82) is 0 Å². The lowest BCUT2D eigenvalue weighted by Gasteiger charge is -2.25. The molecule has 1 N–H and O–H groups in total. The summed E-state index contributed by atoms with van der Waals surface area (Å²) in [7, 11) is 1.56. The standard InChI is InChI=1S/C21H23NO5/c1-13(2)11-15(23)18-19(17-9-6-10-27-17)22(21(25)20(18)24)12-14-7-4-5-8-16(14)26-3/h4-10,13,19,24H,11-12H2,1-3H3. The van der Waals surface area contributed by atoms with Gasteiger partial charge in [0, 0.05) is 12.0 Å². The summed E-state index contributed by atoms with van der Waals surface area (Å²) in [5.74, 6) is -0.168. The van der Waals surface area contributed by atoms with Gasteiger partial charge in [-0.1, -0.05) is 32.0 Å². The number of nitrogens with zero attached hydrogens (tertiary/aromatic N) is 1. The van der Waals surface area contributed by atoms with Crippen LogP contribution in [-0.4, -0.2) is 28.8 Å². The Morgan fingerprint density at radius 1 is 1.26 bits per heavy atom. The zero-order chi connectivity index (χ0) is 19.6. The molecule has 1 atom stereocenters. The quantitative estimate of drug-likeness (QED) is 0.803. The summed E-state index contributed by atoms with van der Waals surface area (Å²) >= 11 is 0. The SMILES string of the molecule is COc1ccccc1CN1C(=O)C(O)=C(C(=O)CC(C)C)C1c1ccco1. The van der Waals surface area contributed by atoms with E-state index in [0.29, 0.717) is 11.5 Å². The molecule has 1 aromatic heterocycles. The maximum Gasteiger partial charge on any atom is 0.290 e. The Hall–Kier alpha value is -3.02. The van der Waals surface area contributed by atoms with E-state index in [1.54, 1.807) is 25.3 Å². The van der Waals surface area contributed by atoms with E-state index >= 15 is 0 Å². The summed E-state index contributed by atoms with van der Waals surface area (Å²) in [4.78, 5) is 27.0. The Labute approximate surface area is 158 Å². The van der Waals surface area contributed by atoms with E-state index < -0.39 is 17.7 Å². The van der Waals surface area contributed by atoms with Crippen LogP contribution in [0.15, 0.2) is 58.4 Å². The van der Waals surface area contributed by atoms with Gasteiger partial charge in [-0.15, -0.1) is 0 Å². The summed E-state index contributed by atoms with van der Waals surface area (Å²) in [5.41, 5.74) is 0.869. The van der Waals surface area contributed by atoms with E-state index in [9.17, 15) is 14.7 Å². The predicted octanol–water partition coefficient (Wildman–Crippen LogP) is 3.80. The molecule has 0 spiro atoms. The smallest absolute Gasteiger partial charge is 0.290 e. The van der Waals surface area contributed by atoms with Crippen LogP contribution in [0, 0.1) is 5.92 Å². The van der Waals surface area contributed by atoms with Gasteiger partial charge in [-0.25, -0.2) is 0 Å². The van der Waals surface area contributed by atoms with E-state index in [4.69, 9.17) is 9.15 Å². The average Bonchev–Trinajstić information content (AvgIpc) is 3.24. The Balaban J connectivity index is 2.01. The second-order valence-corrected chi connectivity index (χ2v) is 6.95. The van der Waals surface area contributed by atoms with Crippen molar-refractivity contribution in [2.45, 2.75) is 32.9 Å². The van der Waals surface area contributed by atoms with Crippen molar-refractivity contribution in [3.63, 3.8) is 0 Å². The molecule has 0 fully saturated rings. The molecule has 6 nitrogen and oxygen atoms in total. The van der Waals surface area contributed by atoms with Crippen LogP contribution in [0.25, 0.3) is 0 Å². The van der Waals surface area contributed by atoms with E-state index in [1.165, 1.54) is 11.2 Å². The maximum atomic E-state index is 12.8. The summed E-state index contributed by atoms with van der Waals surface area (Å²) in [5, 5.41) is 10.5. The van der Waals surface area contributed by atoms with E-state index in [0.717, 1.165) is 5.56 Å². The third kappa shape index (κ3) is 3.60. The number of Topliss-reactive ketones (excluding diaryl/α,β-unsaturated/α-hetero) is 1. The molecule has 1 aliphatic heterocycles. The minimum atomic E-state index is -0.760. The molecule has 0 aliphatic carbocycles.